The number of hydrogen-bond donors (Lipinski definition) is 2. The van der Waals surface area contributed by atoms with Crippen LogP contribution in [-0.4, -0.2) is 67.9 Å². The fourth-order valence-corrected chi connectivity index (χ4v) is 6.28. The van der Waals surface area contributed by atoms with Crippen LogP contribution >= 0.6 is 23.4 Å². The Morgan fingerprint density at radius 3 is 2.69 bits per heavy atom. The molecule has 1 atom stereocenters. The van der Waals surface area contributed by atoms with Crippen LogP contribution in [0.1, 0.15) is 6.42 Å². The van der Waals surface area contributed by atoms with E-state index in [4.69, 9.17) is 11.6 Å². The highest BCUT2D eigenvalue weighted by Gasteiger charge is 2.30. The average Bonchev–Trinajstić information content (AvgIpc) is 2.75. The predicted molar refractivity (Wildman–Crippen MR) is 126 cm³/mol. The van der Waals surface area contributed by atoms with Crippen molar-refractivity contribution in [3.8, 4) is 0 Å². The zero-order valence-electron chi connectivity index (χ0n) is 17.4. The third kappa shape index (κ3) is 5.10. The van der Waals surface area contributed by atoms with E-state index in [2.05, 4.69) is 15.5 Å². The molecule has 2 N–H and O–H groups in total. The third-order valence-corrected chi connectivity index (χ3v) is 8.75. The molecular formula is C21H23ClN4O4S2. The standard InChI is InChI=1S/C21H23ClN4O4S2/c1-25-7-9-26(10-8-25)32(29,30)16-4-2-3-15(12-16)23-20(27)13-19-21(28)24-17-11-14(22)5-6-18(17)31-19/h2-6,11-12,19H,7-10,13H2,1H3,(H,23,27)(H,24,28). The van der Waals surface area contributed by atoms with Crippen LogP contribution in [0.25, 0.3) is 0 Å². The molecule has 11 heteroatoms. The Hall–Kier alpha value is -2.11. The highest BCUT2D eigenvalue weighted by atomic mass is 35.5. The van der Waals surface area contributed by atoms with Crippen molar-refractivity contribution in [1.29, 1.82) is 0 Å². The lowest BCUT2D eigenvalue weighted by atomic mass is 10.2. The molecule has 2 aliphatic rings. The Kier molecular flexibility index (Phi) is 6.78. The fraction of sp³-hybridized carbons (Fsp3) is 0.333. The topological polar surface area (TPSA) is 98.8 Å². The molecular weight excluding hydrogens is 472 g/mol. The number of rotatable bonds is 5. The van der Waals surface area contributed by atoms with E-state index in [0.717, 1.165) is 4.90 Å². The molecule has 2 aromatic rings. The number of carbonyl (C=O) groups is 2. The Morgan fingerprint density at radius 1 is 1.19 bits per heavy atom. The number of sulfonamides is 1. The van der Waals surface area contributed by atoms with Gasteiger partial charge in [-0.1, -0.05) is 17.7 Å². The summed E-state index contributed by atoms with van der Waals surface area (Å²) in [4.78, 5) is 28.0. The van der Waals surface area contributed by atoms with Crippen LogP contribution in [0.15, 0.2) is 52.3 Å². The minimum Gasteiger partial charge on any atom is -0.326 e. The number of amides is 2. The minimum atomic E-state index is -3.64. The van der Waals surface area contributed by atoms with E-state index in [9.17, 15) is 18.0 Å². The zero-order chi connectivity index (χ0) is 22.9. The molecule has 2 aliphatic heterocycles. The lowest BCUT2D eigenvalue weighted by molar-refractivity contribution is -0.120. The molecule has 1 saturated heterocycles. The van der Waals surface area contributed by atoms with Crippen LogP contribution in [0.2, 0.25) is 5.02 Å². The minimum absolute atomic E-state index is 0.0476. The van der Waals surface area contributed by atoms with E-state index in [1.54, 1.807) is 30.3 Å². The summed E-state index contributed by atoms with van der Waals surface area (Å²) >= 11 is 7.26. The van der Waals surface area contributed by atoms with Crippen molar-refractivity contribution < 1.29 is 18.0 Å². The van der Waals surface area contributed by atoms with Gasteiger partial charge in [-0.25, -0.2) is 8.42 Å². The Morgan fingerprint density at radius 2 is 1.94 bits per heavy atom. The van der Waals surface area contributed by atoms with Gasteiger partial charge in [0.2, 0.25) is 21.8 Å². The first-order chi connectivity index (χ1) is 15.2. The van der Waals surface area contributed by atoms with Gasteiger partial charge in [0, 0.05) is 48.2 Å². The van der Waals surface area contributed by atoms with Gasteiger partial charge in [-0.2, -0.15) is 4.31 Å². The molecule has 2 amide bonds. The molecule has 0 saturated carbocycles. The summed E-state index contributed by atoms with van der Waals surface area (Å²) in [5.74, 6) is -0.643. The van der Waals surface area contributed by atoms with Crippen molar-refractivity contribution in [1.82, 2.24) is 9.21 Å². The van der Waals surface area contributed by atoms with Crippen molar-refractivity contribution in [2.45, 2.75) is 21.5 Å². The fourth-order valence-electron chi connectivity index (χ4n) is 3.55. The van der Waals surface area contributed by atoms with Crippen molar-refractivity contribution in [2.24, 2.45) is 0 Å². The molecule has 8 nitrogen and oxygen atoms in total. The zero-order valence-corrected chi connectivity index (χ0v) is 19.8. The van der Waals surface area contributed by atoms with Gasteiger partial charge in [0.05, 0.1) is 15.8 Å². The van der Waals surface area contributed by atoms with E-state index in [-0.39, 0.29) is 23.1 Å². The van der Waals surface area contributed by atoms with Gasteiger partial charge in [0.25, 0.3) is 0 Å². The van der Waals surface area contributed by atoms with Crippen molar-refractivity contribution in [3.05, 3.63) is 47.5 Å². The molecule has 0 spiro atoms. The maximum atomic E-state index is 13.0. The second kappa shape index (κ2) is 9.40. The molecule has 2 aromatic carbocycles. The molecule has 0 aliphatic carbocycles. The average molecular weight is 495 g/mol. The van der Waals surface area contributed by atoms with E-state index in [0.29, 0.717) is 42.6 Å². The predicted octanol–water partition coefficient (Wildman–Crippen LogP) is 2.72. The molecule has 0 bridgehead atoms. The van der Waals surface area contributed by atoms with Gasteiger partial charge < -0.3 is 15.5 Å². The monoisotopic (exact) mass is 494 g/mol. The summed E-state index contributed by atoms with van der Waals surface area (Å²) in [5, 5.41) is 5.42. The summed E-state index contributed by atoms with van der Waals surface area (Å²) in [5.41, 5.74) is 1.00. The molecule has 0 radical (unpaired) electrons. The first-order valence-corrected chi connectivity index (χ1v) is 12.8. The summed E-state index contributed by atoms with van der Waals surface area (Å²) in [6.45, 7) is 2.20. The van der Waals surface area contributed by atoms with Crippen molar-refractivity contribution in [3.63, 3.8) is 0 Å². The number of carbonyl (C=O) groups excluding carboxylic acids is 2. The Bertz CT molecular complexity index is 1150. The van der Waals surface area contributed by atoms with Crippen LogP contribution in [-0.2, 0) is 19.6 Å². The van der Waals surface area contributed by atoms with Gasteiger partial charge >= 0.3 is 0 Å². The smallest absolute Gasteiger partial charge is 0.243 e. The van der Waals surface area contributed by atoms with Gasteiger partial charge in [-0.15, -0.1) is 11.8 Å². The summed E-state index contributed by atoms with van der Waals surface area (Å²) < 4.78 is 27.4. The molecule has 32 heavy (non-hydrogen) atoms. The van der Waals surface area contributed by atoms with E-state index in [1.165, 1.54) is 28.2 Å². The number of fused-ring (bicyclic) bond motifs is 1. The second-order valence-electron chi connectivity index (χ2n) is 7.72. The van der Waals surface area contributed by atoms with E-state index < -0.39 is 15.3 Å². The lowest BCUT2D eigenvalue weighted by Crippen LogP contribution is -2.47. The SMILES string of the molecule is CN1CCN(S(=O)(=O)c2cccc(NC(=O)CC3Sc4ccc(Cl)cc4NC3=O)c2)CC1. The molecule has 1 fully saturated rings. The molecule has 0 aromatic heterocycles. The normalized spacial score (nSPS) is 19.8. The van der Waals surface area contributed by atoms with Crippen LogP contribution in [0.5, 0.6) is 0 Å². The maximum absolute atomic E-state index is 13.0. The first-order valence-electron chi connectivity index (χ1n) is 10.1. The third-order valence-electron chi connectivity index (χ3n) is 5.35. The summed E-state index contributed by atoms with van der Waals surface area (Å²) in [6.07, 6.45) is -0.0476. The van der Waals surface area contributed by atoms with Gasteiger partial charge in [-0.3, -0.25) is 9.59 Å². The number of likely N-dealkylation sites (N-methyl/N-ethyl adjacent to an activating group) is 1. The lowest BCUT2D eigenvalue weighted by Gasteiger charge is -2.31. The Balaban J connectivity index is 1.42. The Labute approximate surface area is 196 Å². The van der Waals surface area contributed by atoms with Crippen molar-refractivity contribution in [2.75, 3.05) is 43.9 Å². The largest absolute Gasteiger partial charge is 0.326 e. The molecule has 2 heterocycles. The molecule has 1 unspecified atom stereocenters. The van der Waals surface area contributed by atoms with E-state index >= 15 is 0 Å². The summed E-state index contributed by atoms with van der Waals surface area (Å²) in [7, 11) is -1.68. The second-order valence-corrected chi connectivity index (χ2v) is 11.3. The van der Waals surface area contributed by atoms with Crippen molar-refractivity contribution >= 4 is 56.6 Å². The number of benzene rings is 2. The quantitative estimate of drug-likeness (QED) is 0.663. The number of anilines is 2. The molecule has 170 valence electrons. The number of thioether (sulfide) groups is 1. The highest BCUT2D eigenvalue weighted by Crippen LogP contribution is 2.38. The molecule has 4 rings (SSSR count). The number of halogens is 1. The van der Waals surface area contributed by atoms with Gasteiger partial charge in [0.1, 0.15) is 0 Å². The van der Waals surface area contributed by atoms with E-state index in [1.807, 2.05) is 7.05 Å². The summed E-state index contributed by atoms with van der Waals surface area (Å²) in [6, 6.07) is 11.4. The van der Waals surface area contributed by atoms with Gasteiger partial charge in [-0.05, 0) is 43.4 Å². The number of piperazine rings is 1. The maximum Gasteiger partial charge on any atom is 0.243 e. The van der Waals surface area contributed by atoms with Crippen LogP contribution in [0.3, 0.4) is 0 Å². The van der Waals surface area contributed by atoms with Crippen LogP contribution in [0.4, 0.5) is 11.4 Å². The highest BCUT2D eigenvalue weighted by molar-refractivity contribution is 8.01. The number of hydrogen-bond acceptors (Lipinski definition) is 6. The van der Waals surface area contributed by atoms with Crippen LogP contribution in [0, 0.1) is 0 Å². The first kappa shape index (κ1) is 23.1. The van der Waals surface area contributed by atoms with Crippen LogP contribution < -0.4 is 10.6 Å². The number of nitrogens with one attached hydrogen (secondary N) is 2. The van der Waals surface area contributed by atoms with Gasteiger partial charge in [0.15, 0.2) is 0 Å². The number of nitrogens with zero attached hydrogens (tertiary/aromatic N) is 2.